The average Bonchev–Trinajstić information content (AvgIpc) is 3.21. The molecular formula is C20H19BrN2O5. The van der Waals surface area contributed by atoms with Crippen molar-refractivity contribution in [2.75, 3.05) is 13.7 Å². The van der Waals surface area contributed by atoms with Crippen LogP contribution in [0.4, 0.5) is 0 Å². The number of hydrogen-bond donors (Lipinski definition) is 0. The lowest BCUT2D eigenvalue weighted by molar-refractivity contribution is 0.0474. The molecule has 0 aliphatic heterocycles. The highest BCUT2D eigenvalue weighted by atomic mass is 79.9. The van der Waals surface area contributed by atoms with E-state index in [4.69, 9.17) is 14.0 Å². The van der Waals surface area contributed by atoms with Crippen molar-refractivity contribution in [1.82, 2.24) is 9.72 Å². The minimum Gasteiger partial charge on any atom is -0.496 e. The van der Waals surface area contributed by atoms with Crippen molar-refractivity contribution < 1.29 is 23.6 Å². The van der Waals surface area contributed by atoms with E-state index in [0.29, 0.717) is 38.6 Å². The first-order valence-corrected chi connectivity index (χ1v) is 9.27. The molecule has 0 saturated carbocycles. The van der Waals surface area contributed by atoms with Crippen LogP contribution in [0.3, 0.4) is 0 Å². The number of benzene rings is 1. The normalized spacial score (nSPS) is 10.8. The second kappa shape index (κ2) is 8.02. The van der Waals surface area contributed by atoms with Crippen LogP contribution in [0.25, 0.3) is 5.82 Å². The molecule has 0 unspecified atom stereocenters. The lowest BCUT2D eigenvalue weighted by Gasteiger charge is -2.07. The Bertz CT molecular complexity index is 1050. The molecule has 0 radical (unpaired) electrons. The summed E-state index contributed by atoms with van der Waals surface area (Å²) in [4.78, 5) is 24.9. The SMILES string of the molecule is COc1ccc(C(=O)OCC(=O)c2cc(C)n(-c3cc(C)on3)c2C)cc1Br. The third kappa shape index (κ3) is 3.87. The summed E-state index contributed by atoms with van der Waals surface area (Å²) in [7, 11) is 1.54. The Morgan fingerprint density at radius 2 is 1.93 bits per heavy atom. The minimum absolute atomic E-state index is 0.291. The van der Waals surface area contributed by atoms with Gasteiger partial charge in [0.25, 0.3) is 0 Å². The number of methoxy groups -OCH3 is 1. The number of hydrogen-bond acceptors (Lipinski definition) is 6. The largest absolute Gasteiger partial charge is 0.496 e. The van der Waals surface area contributed by atoms with Crippen LogP contribution < -0.4 is 4.74 Å². The van der Waals surface area contributed by atoms with Gasteiger partial charge < -0.3 is 14.0 Å². The van der Waals surface area contributed by atoms with Gasteiger partial charge >= 0.3 is 5.97 Å². The molecule has 0 saturated heterocycles. The topological polar surface area (TPSA) is 83.6 Å². The molecular weight excluding hydrogens is 428 g/mol. The van der Waals surface area contributed by atoms with Gasteiger partial charge in [-0.05, 0) is 61.0 Å². The molecule has 0 aliphatic carbocycles. The maximum Gasteiger partial charge on any atom is 0.338 e. The number of ketones is 1. The van der Waals surface area contributed by atoms with Gasteiger partial charge in [-0.15, -0.1) is 0 Å². The number of aryl methyl sites for hydroxylation is 2. The zero-order valence-corrected chi connectivity index (χ0v) is 17.5. The maximum absolute atomic E-state index is 12.6. The first kappa shape index (κ1) is 19.9. The number of aromatic nitrogens is 2. The standard InChI is InChI=1S/C20H19BrN2O5/c1-11-7-15(13(3)23(11)19-8-12(2)28-22-19)17(24)10-27-20(25)14-5-6-18(26-4)16(21)9-14/h5-9H,10H2,1-4H3. The van der Waals surface area contributed by atoms with E-state index < -0.39 is 5.97 Å². The predicted octanol–water partition coefficient (Wildman–Crippen LogP) is 4.20. The van der Waals surface area contributed by atoms with Gasteiger partial charge in [-0.1, -0.05) is 5.16 Å². The van der Waals surface area contributed by atoms with Crippen molar-refractivity contribution in [3.05, 3.63) is 63.1 Å². The quantitative estimate of drug-likeness (QED) is 0.416. The summed E-state index contributed by atoms with van der Waals surface area (Å²) in [6.07, 6.45) is 0. The van der Waals surface area contributed by atoms with E-state index in [1.54, 1.807) is 37.3 Å². The Labute approximate surface area is 170 Å². The second-order valence-corrected chi connectivity index (χ2v) is 7.12. The van der Waals surface area contributed by atoms with Gasteiger partial charge in [0.05, 0.1) is 17.1 Å². The van der Waals surface area contributed by atoms with E-state index in [-0.39, 0.29) is 12.4 Å². The molecule has 28 heavy (non-hydrogen) atoms. The summed E-state index contributed by atoms with van der Waals surface area (Å²) in [6.45, 7) is 5.12. The monoisotopic (exact) mass is 446 g/mol. The number of carbonyl (C=O) groups excluding carboxylic acids is 2. The fraction of sp³-hybridized carbons (Fsp3) is 0.250. The molecule has 0 N–H and O–H groups in total. The molecule has 146 valence electrons. The van der Waals surface area contributed by atoms with Gasteiger partial charge in [0.15, 0.2) is 12.4 Å². The summed E-state index contributed by atoms with van der Waals surface area (Å²) in [5, 5.41) is 3.99. The number of carbonyl (C=O) groups is 2. The number of ether oxygens (including phenoxy) is 2. The molecule has 0 spiro atoms. The smallest absolute Gasteiger partial charge is 0.338 e. The van der Waals surface area contributed by atoms with Gasteiger partial charge in [-0.2, -0.15) is 0 Å². The van der Waals surface area contributed by atoms with Gasteiger partial charge in [-0.25, -0.2) is 4.79 Å². The van der Waals surface area contributed by atoms with E-state index >= 15 is 0 Å². The number of halogens is 1. The van der Waals surface area contributed by atoms with Crippen molar-refractivity contribution >= 4 is 27.7 Å². The Balaban J connectivity index is 1.73. The second-order valence-electron chi connectivity index (χ2n) is 6.26. The van der Waals surface area contributed by atoms with Crippen LogP contribution in [0.5, 0.6) is 5.75 Å². The first-order valence-electron chi connectivity index (χ1n) is 8.48. The zero-order valence-electron chi connectivity index (χ0n) is 15.9. The Morgan fingerprint density at radius 1 is 1.18 bits per heavy atom. The molecule has 0 bridgehead atoms. The summed E-state index contributed by atoms with van der Waals surface area (Å²) in [5.41, 5.74) is 2.34. The molecule has 3 aromatic rings. The molecule has 3 rings (SSSR count). The number of rotatable bonds is 6. The minimum atomic E-state index is -0.586. The Hall–Kier alpha value is -2.87. The average molecular weight is 447 g/mol. The Morgan fingerprint density at radius 3 is 2.54 bits per heavy atom. The van der Waals surface area contributed by atoms with E-state index in [9.17, 15) is 9.59 Å². The van der Waals surface area contributed by atoms with Crippen LogP contribution in [0.1, 0.15) is 37.9 Å². The van der Waals surface area contributed by atoms with E-state index in [0.717, 1.165) is 5.69 Å². The van der Waals surface area contributed by atoms with E-state index in [2.05, 4.69) is 21.1 Å². The first-order chi connectivity index (χ1) is 13.3. The van der Waals surface area contributed by atoms with E-state index in [1.165, 1.54) is 7.11 Å². The predicted molar refractivity (Wildman–Crippen MR) is 105 cm³/mol. The van der Waals surface area contributed by atoms with Crippen LogP contribution in [-0.2, 0) is 4.74 Å². The molecule has 2 aromatic heterocycles. The molecule has 0 aliphatic rings. The summed E-state index contributed by atoms with van der Waals surface area (Å²) < 4.78 is 17.9. The molecule has 7 nitrogen and oxygen atoms in total. The number of Topliss-reactive ketones (excluding diaryl/α,β-unsaturated/α-hetero) is 1. The van der Waals surface area contributed by atoms with Gasteiger partial charge in [0, 0.05) is 23.0 Å². The van der Waals surface area contributed by atoms with Crippen LogP contribution in [0, 0.1) is 20.8 Å². The van der Waals surface area contributed by atoms with Gasteiger partial charge in [-0.3, -0.25) is 9.36 Å². The maximum atomic E-state index is 12.6. The van der Waals surface area contributed by atoms with Crippen LogP contribution in [0.15, 0.2) is 39.3 Å². The highest BCUT2D eigenvalue weighted by Crippen LogP contribution is 2.26. The fourth-order valence-electron chi connectivity index (χ4n) is 2.94. The summed E-state index contributed by atoms with van der Waals surface area (Å²) in [6, 6.07) is 8.35. The number of esters is 1. The molecule has 0 amide bonds. The number of nitrogens with zero attached hydrogens (tertiary/aromatic N) is 2. The van der Waals surface area contributed by atoms with Crippen LogP contribution in [0.2, 0.25) is 0 Å². The molecule has 1 aromatic carbocycles. The summed E-state index contributed by atoms with van der Waals surface area (Å²) in [5.74, 6) is 1.00. The van der Waals surface area contributed by atoms with Crippen molar-refractivity contribution in [2.45, 2.75) is 20.8 Å². The highest BCUT2D eigenvalue weighted by molar-refractivity contribution is 9.10. The van der Waals surface area contributed by atoms with Crippen LogP contribution in [-0.4, -0.2) is 35.2 Å². The van der Waals surface area contributed by atoms with E-state index in [1.807, 2.05) is 18.4 Å². The third-order valence-corrected chi connectivity index (χ3v) is 4.92. The molecule has 0 fully saturated rings. The Kier molecular flexibility index (Phi) is 5.69. The lowest BCUT2D eigenvalue weighted by Crippen LogP contribution is -2.15. The van der Waals surface area contributed by atoms with Gasteiger partial charge in [0.1, 0.15) is 11.5 Å². The molecule has 2 heterocycles. The molecule has 8 heteroatoms. The van der Waals surface area contributed by atoms with Crippen molar-refractivity contribution in [3.8, 4) is 11.6 Å². The molecule has 0 atom stereocenters. The highest BCUT2D eigenvalue weighted by Gasteiger charge is 2.20. The van der Waals surface area contributed by atoms with Crippen molar-refractivity contribution in [2.24, 2.45) is 0 Å². The third-order valence-electron chi connectivity index (χ3n) is 4.30. The van der Waals surface area contributed by atoms with Crippen LogP contribution >= 0.6 is 15.9 Å². The van der Waals surface area contributed by atoms with Crippen molar-refractivity contribution in [1.29, 1.82) is 0 Å². The summed E-state index contributed by atoms with van der Waals surface area (Å²) >= 11 is 3.32. The van der Waals surface area contributed by atoms with Gasteiger partial charge in [0.2, 0.25) is 5.78 Å². The zero-order chi connectivity index (χ0) is 20.4. The van der Waals surface area contributed by atoms with Crippen molar-refractivity contribution in [3.63, 3.8) is 0 Å². The lowest BCUT2D eigenvalue weighted by atomic mass is 10.1. The fourth-order valence-corrected chi connectivity index (χ4v) is 3.48.